The molecule has 1 aromatic heterocycles. The van der Waals surface area contributed by atoms with E-state index < -0.39 is 12.0 Å². The summed E-state index contributed by atoms with van der Waals surface area (Å²) in [5.41, 5.74) is 1.50. The summed E-state index contributed by atoms with van der Waals surface area (Å²) >= 11 is 13.2. The lowest BCUT2D eigenvalue weighted by atomic mass is 10.1. The highest BCUT2D eigenvalue weighted by Crippen LogP contribution is 2.30. The van der Waals surface area contributed by atoms with Crippen molar-refractivity contribution >= 4 is 69.4 Å². The molecule has 0 spiro atoms. The van der Waals surface area contributed by atoms with Crippen molar-refractivity contribution in [1.82, 2.24) is 4.90 Å². The second-order valence-electron chi connectivity index (χ2n) is 7.71. The van der Waals surface area contributed by atoms with Crippen molar-refractivity contribution in [2.24, 2.45) is 0 Å². The van der Waals surface area contributed by atoms with Gasteiger partial charge in [-0.05, 0) is 79.1 Å². The van der Waals surface area contributed by atoms with Gasteiger partial charge >= 0.3 is 5.97 Å². The van der Waals surface area contributed by atoms with Crippen LogP contribution in [0, 0.1) is 0 Å². The van der Waals surface area contributed by atoms with Crippen LogP contribution in [0.4, 0.5) is 11.4 Å². The Morgan fingerprint density at radius 1 is 1.11 bits per heavy atom. The predicted octanol–water partition coefficient (Wildman–Crippen LogP) is 5.11. The quantitative estimate of drug-likeness (QED) is 0.324. The maximum Gasteiger partial charge on any atom is 0.338 e. The van der Waals surface area contributed by atoms with Gasteiger partial charge in [-0.3, -0.25) is 14.5 Å². The fourth-order valence-corrected chi connectivity index (χ4v) is 4.92. The first-order chi connectivity index (χ1) is 16.9. The topological polar surface area (TPSA) is 78.9 Å². The van der Waals surface area contributed by atoms with Crippen molar-refractivity contribution in [3.8, 4) is 0 Å². The van der Waals surface area contributed by atoms with E-state index in [1.807, 2.05) is 17.5 Å². The van der Waals surface area contributed by atoms with E-state index in [0.29, 0.717) is 33.6 Å². The molecule has 180 valence electrons. The largest absolute Gasteiger partial charge is 0.462 e. The molecule has 4 rings (SSSR count). The summed E-state index contributed by atoms with van der Waals surface area (Å²) < 4.78 is 4.97. The molecular formula is C25H22ClN3O4S2. The molecule has 1 aliphatic heterocycles. The molecule has 2 amide bonds. The van der Waals surface area contributed by atoms with Gasteiger partial charge in [-0.1, -0.05) is 17.7 Å². The first-order valence-electron chi connectivity index (χ1n) is 10.9. The normalized spacial score (nSPS) is 15.4. The van der Waals surface area contributed by atoms with Crippen LogP contribution in [0.5, 0.6) is 0 Å². The van der Waals surface area contributed by atoms with Crippen LogP contribution < -0.4 is 10.2 Å². The molecule has 2 heterocycles. The molecule has 2 aromatic carbocycles. The molecule has 0 bridgehead atoms. The van der Waals surface area contributed by atoms with E-state index in [2.05, 4.69) is 5.32 Å². The van der Waals surface area contributed by atoms with Crippen molar-refractivity contribution in [1.29, 1.82) is 0 Å². The van der Waals surface area contributed by atoms with Gasteiger partial charge < -0.3 is 15.0 Å². The van der Waals surface area contributed by atoms with Crippen LogP contribution in [-0.4, -0.2) is 40.4 Å². The number of hydrogen-bond acceptors (Lipinski definition) is 6. The van der Waals surface area contributed by atoms with Crippen molar-refractivity contribution in [2.45, 2.75) is 25.9 Å². The number of rotatable bonds is 8. The monoisotopic (exact) mass is 527 g/mol. The molecule has 10 heteroatoms. The minimum absolute atomic E-state index is 0.0892. The number of ether oxygens (including phenoxy) is 1. The summed E-state index contributed by atoms with van der Waals surface area (Å²) in [4.78, 5) is 42.5. The van der Waals surface area contributed by atoms with Gasteiger partial charge in [0.2, 0.25) is 5.91 Å². The smallest absolute Gasteiger partial charge is 0.338 e. The predicted molar refractivity (Wildman–Crippen MR) is 141 cm³/mol. The highest BCUT2D eigenvalue weighted by atomic mass is 35.5. The fourth-order valence-electron chi connectivity index (χ4n) is 3.70. The maximum atomic E-state index is 13.4. The Bertz CT molecular complexity index is 1230. The summed E-state index contributed by atoms with van der Waals surface area (Å²) in [6.45, 7) is 2.43. The van der Waals surface area contributed by atoms with Crippen molar-refractivity contribution in [3.63, 3.8) is 0 Å². The summed E-state index contributed by atoms with van der Waals surface area (Å²) in [7, 11) is 0. The minimum Gasteiger partial charge on any atom is -0.462 e. The van der Waals surface area contributed by atoms with E-state index in [1.54, 1.807) is 71.7 Å². The van der Waals surface area contributed by atoms with E-state index >= 15 is 0 Å². The fraction of sp³-hybridized carbons (Fsp3) is 0.200. The molecule has 1 fully saturated rings. The number of esters is 1. The Kier molecular flexibility index (Phi) is 7.80. The Hall–Kier alpha value is -3.27. The highest BCUT2D eigenvalue weighted by Gasteiger charge is 2.44. The number of nitrogens with zero attached hydrogens (tertiary/aromatic N) is 2. The number of anilines is 2. The van der Waals surface area contributed by atoms with Gasteiger partial charge in [0.25, 0.3) is 5.91 Å². The molecule has 0 aliphatic carbocycles. The van der Waals surface area contributed by atoms with E-state index in [4.69, 9.17) is 28.6 Å². The van der Waals surface area contributed by atoms with Crippen LogP contribution in [0.3, 0.4) is 0 Å². The van der Waals surface area contributed by atoms with Gasteiger partial charge in [0.1, 0.15) is 6.04 Å². The molecule has 7 nitrogen and oxygen atoms in total. The molecule has 1 N–H and O–H groups in total. The van der Waals surface area contributed by atoms with Gasteiger partial charge in [-0.25, -0.2) is 4.79 Å². The van der Waals surface area contributed by atoms with Gasteiger partial charge in [0, 0.05) is 15.6 Å². The zero-order valence-corrected chi connectivity index (χ0v) is 21.2. The lowest BCUT2D eigenvalue weighted by Crippen LogP contribution is -2.37. The minimum atomic E-state index is -0.765. The summed E-state index contributed by atoms with van der Waals surface area (Å²) in [5, 5.41) is 5.63. The lowest BCUT2D eigenvalue weighted by Gasteiger charge is -2.23. The second kappa shape index (κ2) is 11.0. The van der Waals surface area contributed by atoms with Gasteiger partial charge in [0.15, 0.2) is 5.11 Å². The van der Waals surface area contributed by atoms with Gasteiger partial charge in [-0.15, -0.1) is 11.3 Å². The number of carbonyl (C=O) groups excluding carboxylic acids is 3. The molecule has 35 heavy (non-hydrogen) atoms. The Balaban J connectivity index is 1.51. The number of carbonyl (C=O) groups is 3. The Morgan fingerprint density at radius 2 is 1.83 bits per heavy atom. The maximum absolute atomic E-state index is 13.4. The second-order valence-corrected chi connectivity index (χ2v) is 9.54. The van der Waals surface area contributed by atoms with Crippen LogP contribution >= 0.6 is 35.2 Å². The summed E-state index contributed by atoms with van der Waals surface area (Å²) in [5.74, 6) is -1.05. The van der Waals surface area contributed by atoms with Crippen molar-refractivity contribution < 1.29 is 19.1 Å². The van der Waals surface area contributed by atoms with Crippen LogP contribution in [0.25, 0.3) is 0 Å². The SMILES string of the molecule is CCOC(=O)c1ccc(NC(=O)C[C@H]2C(=O)N(c3ccc(Cl)cc3)C(=S)N2Cc2cccs2)cc1. The standard InChI is InChI=1S/C25H22ClN3O4S2/c1-2-33-24(32)16-5-9-18(10-6-16)27-22(30)14-21-23(31)29(19-11-7-17(26)8-12-19)25(34)28(21)15-20-4-3-13-35-20/h3-13,21H,2,14-15H2,1H3,(H,27,30)/t21-/m0/s1. The third kappa shape index (κ3) is 5.70. The first kappa shape index (κ1) is 24.8. The van der Waals surface area contributed by atoms with Gasteiger partial charge in [0.05, 0.1) is 30.8 Å². The average Bonchev–Trinajstić information content (AvgIpc) is 3.43. The zero-order valence-electron chi connectivity index (χ0n) is 18.8. The van der Waals surface area contributed by atoms with Crippen molar-refractivity contribution in [3.05, 3.63) is 81.5 Å². The molecule has 1 saturated heterocycles. The van der Waals surface area contributed by atoms with Crippen LogP contribution in [0.1, 0.15) is 28.6 Å². The third-order valence-corrected chi connectivity index (χ3v) is 6.90. The van der Waals surface area contributed by atoms with Crippen molar-refractivity contribution in [2.75, 3.05) is 16.8 Å². The van der Waals surface area contributed by atoms with E-state index in [0.717, 1.165) is 4.88 Å². The molecular weight excluding hydrogens is 506 g/mol. The third-order valence-electron chi connectivity index (χ3n) is 5.37. The number of hydrogen-bond donors (Lipinski definition) is 1. The molecule has 3 aromatic rings. The first-order valence-corrected chi connectivity index (χ1v) is 12.5. The molecule has 0 radical (unpaired) electrons. The van der Waals surface area contributed by atoms with Crippen LogP contribution in [0.2, 0.25) is 5.02 Å². The number of nitrogens with one attached hydrogen (secondary N) is 1. The van der Waals surface area contributed by atoms with E-state index in [-0.39, 0.29) is 24.8 Å². The van der Waals surface area contributed by atoms with E-state index in [1.165, 1.54) is 4.90 Å². The van der Waals surface area contributed by atoms with E-state index in [9.17, 15) is 14.4 Å². The van der Waals surface area contributed by atoms with Crippen LogP contribution in [-0.2, 0) is 20.9 Å². The molecule has 0 saturated carbocycles. The van der Waals surface area contributed by atoms with Gasteiger partial charge in [-0.2, -0.15) is 0 Å². The molecule has 1 aliphatic rings. The molecule has 1 atom stereocenters. The number of amides is 2. The average molecular weight is 528 g/mol. The number of thiophene rings is 1. The highest BCUT2D eigenvalue weighted by molar-refractivity contribution is 7.80. The summed E-state index contributed by atoms with van der Waals surface area (Å²) in [6, 6.07) is 16.4. The summed E-state index contributed by atoms with van der Waals surface area (Å²) in [6.07, 6.45) is -0.0892. The zero-order chi connectivity index (χ0) is 24.9. The number of benzene rings is 2. The number of thiocarbonyl (C=S) groups is 1. The number of halogens is 1. The Morgan fingerprint density at radius 3 is 2.46 bits per heavy atom. The van der Waals surface area contributed by atoms with Crippen LogP contribution in [0.15, 0.2) is 66.0 Å². The lowest BCUT2D eigenvalue weighted by molar-refractivity contribution is -0.124. The molecule has 0 unspecified atom stereocenters. The Labute approximate surface area is 217 Å².